The first kappa shape index (κ1) is 31.4. The average Bonchev–Trinajstić information content (AvgIpc) is 3.58. The average molecular weight is 629 g/mol. The molecule has 2 aliphatic rings. The molecule has 0 radical (unpaired) electrons. The Kier molecular flexibility index (Phi) is 9.48. The highest BCUT2D eigenvalue weighted by Crippen LogP contribution is 2.49. The topological polar surface area (TPSA) is 199 Å². The summed E-state index contributed by atoms with van der Waals surface area (Å²) in [5, 5.41) is 17.3. The molecular weight excluding hydrogens is 595 g/mol. The number of para-hydroxylation sites is 1. The number of hydrogen-bond acceptors (Lipinski definition) is 13. The van der Waals surface area contributed by atoms with Gasteiger partial charge in [-0.25, -0.2) is 14.1 Å². The van der Waals surface area contributed by atoms with Gasteiger partial charge in [0.1, 0.15) is 48.5 Å². The number of fused-ring (bicyclic) bond motifs is 1. The highest BCUT2D eigenvalue weighted by Gasteiger charge is 2.54. The number of carbonyl (C=O) groups excluding carboxylic acids is 2. The molecule has 2 aromatic heterocycles. The van der Waals surface area contributed by atoms with Crippen molar-refractivity contribution in [2.75, 3.05) is 32.2 Å². The monoisotopic (exact) mass is 628 g/mol. The van der Waals surface area contributed by atoms with Gasteiger partial charge < -0.3 is 29.2 Å². The first-order valence-electron chi connectivity index (χ1n) is 14.0. The van der Waals surface area contributed by atoms with Gasteiger partial charge in [-0.3, -0.25) is 14.1 Å². The number of benzene rings is 1. The Labute approximate surface area is 253 Å². The highest BCUT2D eigenvalue weighted by molar-refractivity contribution is 7.52. The van der Waals surface area contributed by atoms with Gasteiger partial charge in [0, 0.05) is 18.8 Å². The third-order valence-corrected chi connectivity index (χ3v) is 8.81. The van der Waals surface area contributed by atoms with E-state index in [2.05, 4.69) is 21.2 Å². The highest BCUT2D eigenvalue weighted by atomic mass is 31.2. The second-order valence-corrected chi connectivity index (χ2v) is 12.1. The fourth-order valence-electron chi connectivity index (χ4n) is 4.69. The molecule has 15 nitrogen and oxygen atoms in total. The maximum atomic E-state index is 14.1. The predicted molar refractivity (Wildman–Crippen MR) is 153 cm³/mol. The van der Waals surface area contributed by atoms with Gasteiger partial charge in [0.25, 0.3) is 0 Å². The molecule has 0 amide bonds. The summed E-state index contributed by atoms with van der Waals surface area (Å²) in [4.78, 5) is 29.1. The third kappa shape index (κ3) is 6.85. The molecule has 16 heteroatoms. The van der Waals surface area contributed by atoms with E-state index >= 15 is 0 Å². The summed E-state index contributed by atoms with van der Waals surface area (Å²) < 4.78 is 49.5. The van der Waals surface area contributed by atoms with Gasteiger partial charge in [-0.2, -0.15) is 15.4 Å². The van der Waals surface area contributed by atoms with Crippen LogP contribution in [0.1, 0.15) is 38.5 Å². The van der Waals surface area contributed by atoms with E-state index in [1.807, 2.05) is 0 Å². The van der Waals surface area contributed by atoms with E-state index < -0.39 is 50.1 Å². The fourth-order valence-corrected chi connectivity index (χ4v) is 6.21. The van der Waals surface area contributed by atoms with E-state index in [9.17, 15) is 19.4 Å². The molecule has 44 heavy (non-hydrogen) atoms. The molecule has 234 valence electrons. The zero-order valence-electron chi connectivity index (χ0n) is 24.2. The molecule has 0 spiro atoms. The van der Waals surface area contributed by atoms with Crippen LogP contribution in [-0.2, 0) is 37.6 Å². The molecular formula is C28H33N6O9P. The van der Waals surface area contributed by atoms with Gasteiger partial charge in [-0.1, -0.05) is 25.1 Å². The van der Waals surface area contributed by atoms with Gasteiger partial charge in [0.2, 0.25) is 5.60 Å². The molecule has 2 aliphatic heterocycles. The van der Waals surface area contributed by atoms with Crippen molar-refractivity contribution in [3.05, 3.63) is 54.5 Å². The molecule has 0 aliphatic carbocycles. The van der Waals surface area contributed by atoms with E-state index in [0.29, 0.717) is 24.4 Å². The lowest BCUT2D eigenvalue weighted by molar-refractivity contribution is -0.157. The summed E-state index contributed by atoms with van der Waals surface area (Å²) in [6.45, 7) is 3.55. The smallest absolute Gasteiger partial charge is 0.459 e. The van der Waals surface area contributed by atoms with Crippen LogP contribution in [0.2, 0.25) is 0 Å². The zero-order valence-corrected chi connectivity index (χ0v) is 25.1. The van der Waals surface area contributed by atoms with Crippen molar-refractivity contribution < 1.29 is 42.1 Å². The normalized spacial score (nSPS) is 23.7. The van der Waals surface area contributed by atoms with Crippen LogP contribution < -0.4 is 15.3 Å². The first-order chi connectivity index (χ1) is 21.1. The Morgan fingerprint density at radius 3 is 2.73 bits per heavy atom. The number of ether oxygens (including phenoxy) is 4. The van der Waals surface area contributed by atoms with Crippen molar-refractivity contribution in [2.24, 2.45) is 5.92 Å². The zero-order chi connectivity index (χ0) is 31.3. The van der Waals surface area contributed by atoms with E-state index in [1.165, 1.54) is 17.8 Å². The number of nitrogens with one attached hydrogen (secondary N) is 1. The SMILES string of the molecule is CCC(=O)O[C@H]1C[C@H](c2ccc3c(N)ncnn23)O[C@]1(C#N)COP(=O)(N[C@@H](C)C(=O)OCC1COC1)Oc1ccccc1. The lowest BCUT2D eigenvalue weighted by atomic mass is 9.98. The third-order valence-electron chi connectivity index (χ3n) is 7.18. The molecule has 0 bridgehead atoms. The summed E-state index contributed by atoms with van der Waals surface area (Å²) in [6.07, 6.45) is -0.525. The number of esters is 2. The summed E-state index contributed by atoms with van der Waals surface area (Å²) in [7, 11) is -4.38. The number of nitrogens with zero attached hydrogens (tertiary/aromatic N) is 4. The van der Waals surface area contributed by atoms with Crippen molar-refractivity contribution in [1.82, 2.24) is 19.7 Å². The van der Waals surface area contributed by atoms with Crippen LogP contribution in [0.5, 0.6) is 5.75 Å². The molecule has 5 rings (SSSR count). The Hall–Kier alpha value is -4.06. The molecule has 2 saturated heterocycles. The van der Waals surface area contributed by atoms with E-state index in [-0.39, 0.29) is 36.9 Å². The van der Waals surface area contributed by atoms with Crippen LogP contribution in [-0.4, -0.2) is 70.7 Å². The van der Waals surface area contributed by atoms with Crippen molar-refractivity contribution in [1.29, 1.82) is 5.26 Å². The molecule has 3 aromatic rings. The van der Waals surface area contributed by atoms with Crippen LogP contribution in [0.25, 0.3) is 5.52 Å². The Balaban J connectivity index is 1.39. The minimum Gasteiger partial charge on any atom is -0.464 e. The second kappa shape index (κ2) is 13.3. The van der Waals surface area contributed by atoms with E-state index in [0.717, 1.165) is 0 Å². The summed E-state index contributed by atoms with van der Waals surface area (Å²) in [6, 6.07) is 12.5. The second-order valence-electron chi connectivity index (χ2n) is 10.4. The number of carbonyl (C=O) groups is 2. The quantitative estimate of drug-likeness (QED) is 0.207. The molecule has 3 N–H and O–H groups in total. The number of rotatable bonds is 13. The molecule has 2 fully saturated rings. The number of aromatic nitrogens is 3. The number of nitriles is 1. The van der Waals surface area contributed by atoms with E-state index in [4.69, 9.17) is 33.7 Å². The lowest BCUT2D eigenvalue weighted by Crippen LogP contribution is -2.45. The maximum absolute atomic E-state index is 14.1. The molecule has 1 unspecified atom stereocenters. The van der Waals surface area contributed by atoms with Crippen LogP contribution >= 0.6 is 7.75 Å². The van der Waals surface area contributed by atoms with E-state index in [1.54, 1.807) is 49.4 Å². The minimum atomic E-state index is -4.38. The lowest BCUT2D eigenvalue weighted by Gasteiger charge is -2.30. The fraction of sp³-hybridized carbons (Fsp3) is 0.464. The Morgan fingerprint density at radius 1 is 1.27 bits per heavy atom. The first-order valence-corrected chi connectivity index (χ1v) is 15.6. The van der Waals surface area contributed by atoms with Gasteiger partial charge in [-0.05, 0) is 31.2 Å². The van der Waals surface area contributed by atoms with Gasteiger partial charge >= 0.3 is 19.7 Å². The number of nitrogens with two attached hydrogens (primary N) is 1. The van der Waals surface area contributed by atoms with Crippen LogP contribution in [0.3, 0.4) is 0 Å². The van der Waals surface area contributed by atoms with Gasteiger partial charge in [-0.15, -0.1) is 0 Å². The molecule has 0 saturated carbocycles. The van der Waals surface area contributed by atoms with Crippen molar-refractivity contribution in [2.45, 2.75) is 50.5 Å². The van der Waals surface area contributed by atoms with Crippen LogP contribution in [0, 0.1) is 17.2 Å². The largest absolute Gasteiger partial charge is 0.464 e. The van der Waals surface area contributed by atoms with Crippen molar-refractivity contribution in [3.8, 4) is 11.8 Å². The number of hydrogen-bond donors (Lipinski definition) is 2. The maximum Gasteiger partial charge on any atom is 0.459 e. The van der Waals surface area contributed by atoms with Gasteiger partial charge in [0.05, 0.1) is 25.5 Å². The molecule has 1 aromatic carbocycles. The predicted octanol–water partition coefficient (Wildman–Crippen LogP) is 2.73. The Morgan fingerprint density at radius 2 is 2.05 bits per heavy atom. The van der Waals surface area contributed by atoms with Crippen molar-refractivity contribution in [3.63, 3.8) is 0 Å². The number of anilines is 1. The standard InChI is InChI=1S/C28H33N6O9P/c1-3-25(35)41-24-11-23(21-9-10-22-26(30)31-17-32-34(21)22)42-28(24,15-29)16-40-44(37,43-20-7-5-4-6-8-20)33-18(2)27(36)39-14-19-12-38-13-19/h4-10,17-19,23-24H,3,11-14,16H2,1-2H3,(H,33,37)(H2,30,31,32)/t18-,23+,24-,28+,44?/m0/s1. The van der Waals surface area contributed by atoms with Crippen LogP contribution in [0.4, 0.5) is 5.82 Å². The summed E-state index contributed by atoms with van der Waals surface area (Å²) in [5.41, 5.74) is 5.11. The Bertz CT molecular complexity index is 1580. The van der Waals surface area contributed by atoms with Crippen LogP contribution in [0.15, 0.2) is 48.8 Å². The van der Waals surface area contributed by atoms with Crippen molar-refractivity contribution >= 4 is 31.0 Å². The number of nitrogen functional groups attached to an aromatic ring is 1. The molecule has 5 atom stereocenters. The minimum absolute atomic E-state index is 0.0467. The molecule has 4 heterocycles. The summed E-state index contributed by atoms with van der Waals surface area (Å²) >= 11 is 0. The van der Waals surface area contributed by atoms with Gasteiger partial charge in [0.15, 0.2) is 5.82 Å². The summed E-state index contributed by atoms with van der Waals surface area (Å²) in [5.74, 6) is -0.730.